The topological polar surface area (TPSA) is 12.0 Å². The molecule has 0 spiro atoms. The number of hydrogen-bond donors (Lipinski definition) is 1. The van der Waals surface area contributed by atoms with Gasteiger partial charge in [0.05, 0.1) is 0 Å². The normalized spacial score (nSPS) is 8.21. The third-order valence-electron chi connectivity index (χ3n) is 2.34. The highest BCUT2D eigenvalue weighted by molar-refractivity contribution is 4.46. The summed E-state index contributed by atoms with van der Waals surface area (Å²) in [7, 11) is 0. The Kier molecular flexibility index (Phi) is 61.9. The zero-order valence-electron chi connectivity index (χ0n) is 15.6. The number of rotatable bonds is 9. The molecule has 1 nitrogen and oxygen atoms in total. The maximum absolute atomic E-state index is 3.39. The van der Waals surface area contributed by atoms with Crippen molar-refractivity contribution in [2.24, 2.45) is 0 Å². The lowest BCUT2D eigenvalue weighted by Crippen LogP contribution is -2.15. The van der Waals surface area contributed by atoms with E-state index in [1.807, 2.05) is 27.7 Å². The van der Waals surface area contributed by atoms with E-state index in [1.165, 1.54) is 64.5 Å². The van der Waals surface area contributed by atoms with Gasteiger partial charge in [-0.15, -0.1) is 0 Å². The summed E-state index contributed by atoms with van der Waals surface area (Å²) in [5.41, 5.74) is 0. The predicted molar refractivity (Wildman–Crippen MR) is 95.2 cm³/mol. The summed E-state index contributed by atoms with van der Waals surface area (Å²) in [6.07, 6.45) is 10.8. The molecule has 0 bridgehead atoms. The summed E-state index contributed by atoms with van der Waals surface area (Å²) >= 11 is 0. The molecule has 0 aliphatic rings. The summed E-state index contributed by atoms with van der Waals surface area (Å²) < 4.78 is 0. The van der Waals surface area contributed by atoms with E-state index in [4.69, 9.17) is 0 Å². The fourth-order valence-corrected chi connectivity index (χ4v) is 1.33. The van der Waals surface area contributed by atoms with Crippen LogP contribution in [-0.4, -0.2) is 13.1 Å². The van der Waals surface area contributed by atoms with Crippen LogP contribution >= 0.6 is 0 Å². The number of hydrogen-bond acceptors (Lipinski definition) is 1. The lowest BCUT2D eigenvalue weighted by molar-refractivity contribution is 0.594. The molecular weight excluding hydrogens is 230 g/mol. The molecule has 0 aromatic heterocycles. The molecule has 0 saturated heterocycles. The Bertz CT molecular complexity index is 71.8. The molecule has 122 valence electrons. The smallest absolute Gasteiger partial charge is 0.00489 e. The zero-order chi connectivity index (χ0) is 15.8. The van der Waals surface area contributed by atoms with Crippen molar-refractivity contribution >= 4 is 0 Å². The van der Waals surface area contributed by atoms with Crippen LogP contribution < -0.4 is 5.32 Å². The van der Waals surface area contributed by atoms with Gasteiger partial charge in [-0.25, -0.2) is 0 Å². The van der Waals surface area contributed by atoms with Gasteiger partial charge in [-0.3, -0.25) is 0 Å². The van der Waals surface area contributed by atoms with Crippen LogP contribution in [0.2, 0.25) is 0 Å². The molecule has 0 saturated carbocycles. The highest BCUT2D eigenvalue weighted by Gasteiger charge is 1.85. The second-order valence-electron chi connectivity index (χ2n) is 4.16. The van der Waals surface area contributed by atoms with Gasteiger partial charge in [-0.2, -0.15) is 0 Å². The molecule has 0 amide bonds. The molecule has 0 aromatic rings. The van der Waals surface area contributed by atoms with E-state index in [2.05, 4.69) is 33.0 Å². The summed E-state index contributed by atoms with van der Waals surface area (Å²) in [5, 5.41) is 3.39. The van der Waals surface area contributed by atoms with Crippen LogP contribution in [0.25, 0.3) is 0 Å². The quantitative estimate of drug-likeness (QED) is 0.455. The molecule has 1 heteroatoms. The Morgan fingerprint density at radius 1 is 0.474 bits per heavy atom. The van der Waals surface area contributed by atoms with Gasteiger partial charge in [0.2, 0.25) is 0 Å². The van der Waals surface area contributed by atoms with Crippen LogP contribution in [0.4, 0.5) is 0 Å². The standard InChI is InChI=1S/C9H21N.C5H12.2C2H6/c1-3-5-6-7-9-10-8-4-2;1-3-5-4-2;2*1-2/h10H,3-9H2,1-2H3;3-5H2,1-2H3;2*1-2H3. The van der Waals surface area contributed by atoms with E-state index in [1.54, 1.807) is 0 Å². The van der Waals surface area contributed by atoms with Crippen molar-refractivity contribution in [3.63, 3.8) is 0 Å². The molecular formula is C18H45N. The first-order valence-electron chi connectivity index (χ1n) is 9.04. The number of unbranched alkanes of at least 4 members (excludes halogenated alkanes) is 5. The van der Waals surface area contributed by atoms with Crippen LogP contribution in [-0.2, 0) is 0 Å². The van der Waals surface area contributed by atoms with Crippen LogP contribution in [0.3, 0.4) is 0 Å². The second-order valence-corrected chi connectivity index (χ2v) is 4.16. The fraction of sp³-hybridized carbons (Fsp3) is 1.00. The average molecular weight is 276 g/mol. The van der Waals surface area contributed by atoms with E-state index in [0.29, 0.717) is 0 Å². The van der Waals surface area contributed by atoms with Gasteiger partial charge < -0.3 is 5.32 Å². The average Bonchev–Trinajstić information content (AvgIpc) is 2.49. The Morgan fingerprint density at radius 2 is 0.947 bits per heavy atom. The molecule has 0 heterocycles. The summed E-state index contributed by atoms with van der Waals surface area (Å²) in [6.45, 7) is 19.3. The Labute approximate surface area is 126 Å². The third-order valence-corrected chi connectivity index (χ3v) is 2.34. The fourth-order valence-electron chi connectivity index (χ4n) is 1.33. The van der Waals surface area contributed by atoms with Crippen LogP contribution in [0.15, 0.2) is 0 Å². The van der Waals surface area contributed by atoms with E-state index in [0.717, 1.165) is 0 Å². The van der Waals surface area contributed by atoms with E-state index in [-0.39, 0.29) is 0 Å². The van der Waals surface area contributed by atoms with Crippen molar-refractivity contribution in [2.45, 2.75) is 107 Å². The molecule has 0 rings (SSSR count). The van der Waals surface area contributed by atoms with Gasteiger partial charge in [0.1, 0.15) is 0 Å². The second kappa shape index (κ2) is 43.0. The Morgan fingerprint density at radius 3 is 1.26 bits per heavy atom. The summed E-state index contributed by atoms with van der Waals surface area (Å²) in [4.78, 5) is 0. The van der Waals surface area contributed by atoms with Crippen molar-refractivity contribution < 1.29 is 0 Å². The first-order chi connectivity index (χ1) is 9.33. The van der Waals surface area contributed by atoms with Gasteiger partial charge in [-0.05, 0) is 25.9 Å². The minimum absolute atomic E-state index is 1.19. The van der Waals surface area contributed by atoms with Gasteiger partial charge in [0, 0.05) is 0 Å². The molecule has 0 aliphatic heterocycles. The van der Waals surface area contributed by atoms with Crippen LogP contribution in [0.1, 0.15) is 107 Å². The van der Waals surface area contributed by atoms with Crippen molar-refractivity contribution in [1.29, 1.82) is 0 Å². The lowest BCUT2D eigenvalue weighted by atomic mass is 10.2. The highest BCUT2D eigenvalue weighted by Crippen LogP contribution is 1.96. The zero-order valence-corrected chi connectivity index (χ0v) is 15.6. The predicted octanol–water partition coefficient (Wildman–Crippen LogP) is 6.82. The van der Waals surface area contributed by atoms with Gasteiger partial charge >= 0.3 is 0 Å². The molecule has 0 fully saturated rings. The molecule has 0 aromatic carbocycles. The first-order valence-corrected chi connectivity index (χ1v) is 9.04. The molecule has 0 aliphatic carbocycles. The van der Waals surface area contributed by atoms with Crippen LogP contribution in [0, 0.1) is 0 Å². The van der Waals surface area contributed by atoms with Crippen molar-refractivity contribution in [3.05, 3.63) is 0 Å². The molecule has 1 N–H and O–H groups in total. The Hall–Kier alpha value is -0.0400. The summed E-state index contributed by atoms with van der Waals surface area (Å²) in [5.74, 6) is 0. The largest absolute Gasteiger partial charge is 0.317 e. The summed E-state index contributed by atoms with van der Waals surface area (Å²) in [6, 6.07) is 0. The SMILES string of the molecule is CC.CC.CCCCC.CCCCCCNCCC. The molecule has 0 atom stereocenters. The van der Waals surface area contributed by atoms with E-state index in [9.17, 15) is 0 Å². The minimum atomic E-state index is 1.19. The van der Waals surface area contributed by atoms with E-state index < -0.39 is 0 Å². The molecule has 19 heavy (non-hydrogen) atoms. The van der Waals surface area contributed by atoms with Crippen LogP contribution in [0.5, 0.6) is 0 Å². The van der Waals surface area contributed by atoms with Crippen molar-refractivity contribution in [3.8, 4) is 0 Å². The highest BCUT2D eigenvalue weighted by atomic mass is 14.8. The van der Waals surface area contributed by atoms with Gasteiger partial charge in [0.25, 0.3) is 0 Å². The van der Waals surface area contributed by atoms with Crippen molar-refractivity contribution in [1.82, 2.24) is 5.32 Å². The van der Waals surface area contributed by atoms with Gasteiger partial charge in [0.15, 0.2) is 0 Å². The monoisotopic (exact) mass is 275 g/mol. The van der Waals surface area contributed by atoms with Gasteiger partial charge in [-0.1, -0.05) is 93.9 Å². The molecule has 0 radical (unpaired) electrons. The van der Waals surface area contributed by atoms with E-state index >= 15 is 0 Å². The van der Waals surface area contributed by atoms with Crippen molar-refractivity contribution in [2.75, 3.05) is 13.1 Å². The maximum atomic E-state index is 3.39. The third kappa shape index (κ3) is 57.0. The number of nitrogens with one attached hydrogen (secondary N) is 1. The molecule has 0 unspecified atom stereocenters. The first kappa shape index (κ1) is 27.3. The Balaban J connectivity index is -0.000000105. The lowest BCUT2D eigenvalue weighted by Gasteiger charge is -2.00. The maximum Gasteiger partial charge on any atom is -0.00489 e. The minimum Gasteiger partial charge on any atom is -0.317 e.